The van der Waals surface area contributed by atoms with E-state index in [0.717, 1.165) is 6.07 Å². The van der Waals surface area contributed by atoms with E-state index in [4.69, 9.17) is 16.9 Å². The zero-order valence-electron chi connectivity index (χ0n) is 6.95. The molecule has 1 aromatic heterocycles. The third-order valence-corrected chi connectivity index (χ3v) is 1.77. The van der Waals surface area contributed by atoms with Gasteiger partial charge in [-0.15, -0.1) is 0 Å². The topological polar surface area (TPSA) is 79.8 Å². The van der Waals surface area contributed by atoms with Crippen LogP contribution in [-0.2, 0) is 0 Å². The monoisotopic (exact) mass is 233 g/mol. The normalized spacial score (nSPS) is 10.1. The Kier molecular flexibility index (Phi) is 3.11. The lowest BCUT2D eigenvalue weighted by Gasteiger charge is -1.99. The van der Waals surface area contributed by atoms with Crippen LogP contribution in [-0.4, -0.2) is 9.91 Å². The molecule has 0 saturated heterocycles. The molecule has 0 aliphatic heterocycles. The largest absolute Gasteiger partial charge is 0.382 e. The number of nitro groups is 1. The molecular formula is C7H2ClF2N3O2. The fraction of sp³-hybridized carbons (Fsp3) is 0.143. The minimum Gasteiger partial charge on any atom is -0.358 e. The average Bonchev–Trinajstić information content (AvgIpc) is 2.16. The SMILES string of the molecule is N#Cc1cc(Cl)c([N+](=O)[O-])nc1C(F)F. The second-order valence-electron chi connectivity index (χ2n) is 2.40. The summed E-state index contributed by atoms with van der Waals surface area (Å²) in [6, 6.07) is 2.23. The first-order chi connectivity index (χ1) is 6.97. The lowest BCUT2D eigenvalue weighted by atomic mass is 10.2. The fourth-order valence-electron chi connectivity index (χ4n) is 0.877. The first-order valence-corrected chi connectivity index (χ1v) is 3.88. The van der Waals surface area contributed by atoms with Gasteiger partial charge in [-0.3, -0.25) is 0 Å². The smallest absolute Gasteiger partial charge is 0.358 e. The minimum atomic E-state index is -3.06. The summed E-state index contributed by atoms with van der Waals surface area (Å²) in [6.45, 7) is 0. The molecule has 0 spiro atoms. The number of hydrogen-bond donors (Lipinski definition) is 0. The lowest BCUT2D eigenvalue weighted by Crippen LogP contribution is -2.01. The molecule has 0 saturated carbocycles. The Morgan fingerprint density at radius 2 is 2.27 bits per heavy atom. The van der Waals surface area contributed by atoms with E-state index in [9.17, 15) is 18.9 Å². The zero-order valence-corrected chi connectivity index (χ0v) is 7.70. The van der Waals surface area contributed by atoms with E-state index >= 15 is 0 Å². The number of pyridine rings is 1. The van der Waals surface area contributed by atoms with E-state index in [2.05, 4.69) is 4.98 Å². The highest BCUT2D eigenvalue weighted by Gasteiger charge is 2.26. The van der Waals surface area contributed by atoms with Gasteiger partial charge >= 0.3 is 12.2 Å². The van der Waals surface area contributed by atoms with E-state index in [1.54, 1.807) is 0 Å². The van der Waals surface area contributed by atoms with Crippen LogP contribution in [0.4, 0.5) is 14.6 Å². The summed E-state index contributed by atoms with van der Waals surface area (Å²) in [5.41, 5.74) is -1.41. The number of rotatable bonds is 2. The molecule has 15 heavy (non-hydrogen) atoms. The molecule has 1 heterocycles. The van der Waals surface area contributed by atoms with Crippen LogP contribution in [0.1, 0.15) is 17.7 Å². The van der Waals surface area contributed by atoms with Crippen molar-refractivity contribution in [2.75, 3.05) is 0 Å². The Balaban J connectivity index is 3.45. The van der Waals surface area contributed by atoms with Crippen LogP contribution < -0.4 is 0 Å². The second-order valence-corrected chi connectivity index (χ2v) is 2.80. The van der Waals surface area contributed by atoms with Crippen LogP contribution in [0.5, 0.6) is 0 Å². The van der Waals surface area contributed by atoms with Crippen molar-refractivity contribution in [3.63, 3.8) is 0 Å². The first kappa shape index (κ1) is 11.3. The molecule has 0 unspecified atom stereocenters. The number of aromatic nitrogens is 1. The quantitative estimate of drug-likeness (QED) is 0.580. The van der Waals surface area contributed by atoms with Crippen molar-refractivity contribution in [2.24, 2.45) is 0 Å². The molecule has 0 aliphatic rings. The van der Waals surface area contributed by atoms with Crippen LogP contribution in [0.15, 0.2) is 6.07 Å². The van der Waals surface area contributed by atoms with Crippen molar-refractivity contribution in [1.29, 1.82) is 5.26 Å². The predicted molar refractivity (Wildman–Crippen MR) is 45.6 cm³/mol. The van der Waals surface area contributed by atoms with Gasteiger partial charge in [-0.05, 0) is 16.0 Å². The van der Waals surface area contributed by atoms with Gasteiger partial charge in [-0.1, -0.05) is 11.6 Å². The summed E-state index contributed by atoms with van der Waals surface area (Å²) in [7, 11) is 0. The van der Waals surface area contributed by atoms with Crippen molar-refractivity contribution >= 4 is 17.4 Å². The summed E-state index contributed by atoms with van der Waals surface area (Å²) < 4.78 is 24.6. The number of nitriles is 1. The highest BCUT2D eigenvalue weighted by Crippen LogP contribution is 2.29. The molecular weight excluding hydrogens is 232 g/mol. The van der Waals surface area contributed by atoms with Gasteiger partial charge in [-0.2, -0.15) is 5.26 Å². The summed E-state index contributed by atoms with van der Waals surface area (Å²) in [4.78, 5) is 12.4. The minimum absolute atomic E-state index is 0.444. The van der Waals surface area contributed by atoms with Crippen LogP contribution >= 0.6 is 11.6 Å². The van der Waals surface area contributed by atoms with Gasteiger partial charge in [0.1, 0.15) is 16.7 Å². The van der Waals surface area contributed by atoms with Gasteiger partial charge in [0, 0.05) is 0 Å². The molecule has 0 bridgehead atoms. The molecule has 0 atom stereocenters. The molecule has 78 valence electrons. The first-order valence-electron chi connectivity index (χ1n) is 3.50. The van der Waals surface area contributed by atoms with Gasteiger partial charge in [0.15, 0.2) is 0 Å². The number of alkyl halides is 2. The third kappa shape index (κ3) is 2.16. The molecule has 1 aromatic rings. The van der Waals surface area contributed by atoms with E-state index in [-0.39, 0.29) is 0 Å². The zero-order chi connectivity index (χ0) is 11.6. The van der Waals surface area contributed by atoms with Crippen molar-refractivity contribution in [3.8, 4) is 6.07 Å². The van der Waals surface area contributed by atoms with Crippen LogP contribution in [0, 0.1) is 21.4 Å². The highest BCUT2D eigenvalue weighted by molar-refractivity contribution is 6.32. The molecule has 0 amide bonds. The van der Waals surface area contributed by atoms with Gasteiger partial charge in [0.05, 0.1) is 0 Å². The van der Waals surface area contributed by atoms with Crippen molar-refractivity contribution < 1.29 is 13.7 Å². The van der Waals surface area contributed by atoms with Crippen LogP contribution in [0.3, 0.4) is 0 Å². The summed E-state index contributed by atoms with van der Waals surface area (Å²) in [6.07, 6.45) is -3.06. The number of nitrogens with zero attached hydrogens (tertiary/aromatic N) is 3. The molecule has 0 N–H and O–H groups in total. The van der Waals surface area contributed by atoms with E-state index < -0.39 is 33.4 Å². The number of halogens is 3. The number of hydrogen-bond acceptors (Lipinski definition) is 4. The Bertz CT molecular complexity index is 458. The predicted octanol–water partition coefficient (Wildman–Crippen LogP) is 2.45. The summed E-state index contributed by atoms with van der Waals surface area (Å²) in [5, 5.41) is 18.4. The summed E-state index contributed by atoms with van der Waals surface area (Å²) in [5.74, 6) is -0.883. The van der Waals surface area contributed by atoms with Crippen LogP contribution in [0.2, 0.25) is 5.02 Å². The Hall–Kier alpha value is -1.81. The lowest BCUT2D eigenvalue weighted by molar-refractivity contribution is -0.389. The molecule has 1 rings (SSSR count). The molecule has 5 nitrogen and oxygen atoms in total. The average molecular weight is 234 g/mol. The van der Waals surface area contributed by atoms with Gasteiger partial charge in [-0.25, -0.2) is 8.78 Å². The maximum absolute atomic E-state index is 12.3. The second kappa shape index (κ2) is 4.14. The van der Waals surface area contributed by atoms with Gasteiger partial charge < -0.3 is 10.1 Å². The van der Waals surface area contributed by atoms with Crippen LogP contribution in [0.25, 0.3) is 0 Å². The molecule has 0 aliphatic carbocycles. The van der Waals surface area contributed by atoms with Gasteiger partial charge in [0.25, 0.3) is 0 Å². The van der Waals surface area contributed by atoms with Gasteiger partial charge in [0.2, 0.25) is 5.69 Å². The Labute approximate surface area is 87.1 Å². The maximum Gasteiger partial charge on any atom is 0.382 e. The van der Waals surface area contributed by atoms with Crippen molar-refractivity contribution in [2.45, 2.75) is 6.43 Å². The Morgan fingerprint density at radius 1 is 1.67 bits per heavy atom. The van der Waals surface area contributed by atoms with E-state index in [1.807, 2.05) is 0 Å². The van der Waals surface area contributed by atoms with E-state index in [0.29, 0.717) is 0 Å². The molecule has 0 fully saturated rings. The molecule has 8 heteroatoms. The summed E-state index contributed by atoms with van der Waals surface area (Å²) >= 11 is 5.38. The van der Waals surface area contributed by atoms with E-state index in [1.165, 1.54) is 6.07 Å². The standard InChI is InChI=1S/C7H2ClF2N3O2/c8-4-1-3(2-11)5(6(9)10)12-7(4)13(14)15/h1,6H. The fourth-order valence-corrected chi connectivity index (χ4v) is 1.10. The maximum atomic E-state index is 12.3. The Morgan fingerprint density at radius 3 is 2.67 bits per heavy atom. The highest BCUT2D eigenvalue weighted by atomic mass is 35.5. The molecule has 0 aromatic carbocycles. The third-order valence-electron chi connectivity index (χ3n) is 1.49. The molecule has 0 radical (unpaired) electrons. The van der Waals surface area contributed by atoms with Crippen molar-refractivity contribution in [3.05, 3.63) is 32.5 Å². The van der Waals surface area contributed by atoms with Crippen molar-refractivity contribution in [1.82, 2.24) is 4.98 Å².